The van der Waals surface area contributed by atoms with Crippen LogP contribution in [0.4, 0.5) is 23.2 Å². The number of amides is 1. The summed E-state index contributed by atoms with van der Waals surface area (Å²) in [6, 6.07) is 6.10. The molecule has 1 aliphatic heterocycles. The molecule has 0 aromatic heterocycles. The fourth-order valence-electron chi connectivity index (χ4n) is 4.70. The first kappa shape index (κ1) is 28.6. The van der Waals surface area contributed by atoms with E-state index in [9.17, 15) is 27.5 Å². The maximum atomic E-state index is 15.0. The summed E-state index contributed by atoms with van der Waals surface area (Å²) in [5.41, 5.74) is -1.67. The van der Waals surface area contributed by atoms with Crippen LogP contribution in [-0.2, 0) is 4.79 Å². The Bertz CT molecular complexity index is 1150. The van der Waals surface area contributed by atoms with Crippen molar-refractivity contribution in [2.24, 2.45) is 16.4 Å². The normalized spacial score (nSPS) is 19.8. The molecule has 0 saturated carbocycles. The van der Waals surface area contributed by atoms with Gasteiger partial charge in [-0.2, -0.15) is 5.10 Å². The molecule has 1 heterocycles. The van der Waals surface area contributed by atoms with E-state index in [-0.39, 0.29) is 29.0 Å². The Labute approximate surface area is 215 Å². The number of anilines is 1. The predicted octanol–water partition coefficient (Wildman–Crippen LogP) is 5.95. The molecule has 0 radical (unpaired) electrons. The van der Waals surface area contributed by atoms with Gasteiger partial charge in [0.1, 0.15) is 23.0 Å². The van der Waals surface area contributed by atoms with Crippen molar-refractivity contribution < 1.29 is 27.5 Å². The maximum absolute atomic E-state index is 15.0. The molecule has 0 fully saturated rings. The standard InChI is InChI=1S/C28H35F4N3O2/c1-5-6-8-21-25(20-11-9-18(29)15-22(20)31)34-35(24-12-10-19(30)16-23(24)32)28(21,4)26(37)33-14-7-13-27(2,3)17-36/h9-12,15-16,21,36H,5-8,13-14,17H2,1-4H3,(H,33,37). The number of halogens is 4. The first-order valence-electron chi connectivity index (χ1n) is 12.6. The van der Waals surface area contributed by atoms with Crippen molar-refractivity contribution in [3.8, 4) is 0 Å². The minimum Gasteiger partial charge on any atom is -0.396 e. The average Bonchev–Trinajstić information content (AvgIpc) is 3.13. The summed E-state index contributed by atoms with van der Waals surface area (Å²) in [7, 11) is 0. The molecule has 5 nitrogen and oxygen atoms in total. The molecule has 0 spiro atoms. The molecular weight excluding hydrogens is 486 g/mol. The number of hydrogen-bond acceptors (Lipinski definition) is 4. The van der Waals surface area contributed by atoms with Crippen molar-refractivity contribution in [3.63, 3.8) is 0 Å². The van der Waals surface area contributed by atoms with Crippen LogP contribution in [0.1, 0.15) is 65.4 Å². The van der Waals surface area contributed by atoms with E-state index in [1.807, 2.05) is 20.8 Å². The topological polar surface area (TPSA) is 64.9 Å². The summed E-state index contributed by atoms with van der Waals surface area (Å²) in [5, 5.41) is 18.1. The van der Waals surface area contributed by atoms with Gasteiger partial charge in [-0.1, -0.05) is 33.6 Å². The van der Waals surface area contributed by atoms with Gasteiger partial charge in [-0.3, -0.25) is 4.79 Å². The van der Waals surface area contributed by atoms with Crippen LogP contribution in [0.25, 0.3) is 0 Å². The molecule has 2 aromatic carbocycles. The highest BCUT2D eigenvalue weighted by atomic mass is 19.1. The zero-order valence-corrected chi connectivity index (χ0v) is 21.8. The Morgan fingerprint density at radius 1 is 1.08 bits per heavy atom. The Morgan fingerprint density at radius 3 is 2.32 bits per heavy atom. The number of benzene rings is 2. The van der Waals surface area contributed by atoms with Crippen LogP contribution in [0.2, 0.25) is 0 Å². The summed E-state index contributed by atoms with van der Waals surface area (Å²) in [6.45, 7) is 7.74. The van der Waals surface area contributed by atoms with Gasteiger partial charge in [0, 0.05) is 36.8 Å². The van der Waals surface area contributed by atoms with E-state index in [1.165, 1.54) is 17.1 Å². The third kappa shape index (κ3) is 6.14. The van der Waals surface area contributed by atoms with Crippen molar-refractivity contribution >= 4 is 17.3 Å². The van der Waals surface area contributed by atoms with Gasteiger partial charge < -0.3 is 10.4 Å². The maximum Gasteiger partial charge on any atom is 0.248 e. The van der Waals surface area contributed by atoms with E-state index in [0.29, 0.717) is 38.3 Å². The average molecular weight is 522 g/mol. The van der Waals surface area contributed by atoms with Crippen LogP contribution in [0.5, 0.6) is 0 Å². The number of hydrogen-bond donors (Lipinski definition) is 2. The Morgan fingerprint density at radius 2 is 1.73 bits per heavy atom. The Balaban J connectivity index is 2.06. The third-order valence-electron chi connectivity index (χ3n) is 7.05. The van der Waals surface area contributed by atoms with Gasteiger partial charge in [0.2, 0.25) is 5.91 Å². The number of carbonyl (C=O) groups excluding carboxylic acids is 1. The van der Waals surface area contributed by atoms with E-state index in [1.54, 1.807) is 6.92 Å². The van der Waals surface area contributed by atoms with Gasteiger partial charge in [0.25, 0.3) is 0 Å². The number of aliphatic hydroxyl groups excluding tert-OH is 1. The number of unbranched alkanes of at least 4 members (excludes halogenated alkanes) is 1. The molecule has 2 aromatic rings. The lowest BCUT2D eigenvalue weighted by Gasteiger charge is -2.38. The minimum atomic E-state index is -1.48. The molecule has 0 saturated heterocycles. The van der Waals surface area contributed by atoms with Crippen LogP contribution < -0.4 is 10.3 Å². The van der Waals surface area contributed by atoms with Crippen LogP contribution >= 0.6 is 0 Å². The second-order valence-corrected chi connectivity index (χ2v) is 10.5. The largest absolute Gasteiger partial charge is 0.396 e. The van der Waals surface area contributed by atoms with Crippen LogP contribution in [0, 0.1) is 34.6 Å². The highest BCUT2D eigenvalue weighted by Crippen LogP contribution is 2.43. The molecule has 2 N–H and O–H groups in total. The Kier molecular flexibility index (Phi) is 9.00. The van der Waals surface area contributed by atoms with Crippen molar-refractivity contribution in [2.75, 3.05) is 18.2 Å². The number of rotatable bonds is 11. The molecule has 0 bridgehead atoms. The monoisotopic (exact) mass is 521 g/mol. The smallest absolute Gasteiger partial charge is 0.248 e. The molecule has 1 aliphatic rings. The van der Waals surface area contributed by atoms with E-state index < -0.39 is 40.6 Å². The summed E-state index contributed by atoms with van der Waals surface area (Å²) >= 11 is 0. The first-order chi connectivity index (χ1) is 17.4. The number of hydrazone groups is 1. The highest BCUT2D eigenvalue weighted by Gasteiger charge is 2.54. The van der Waals surface area contributed by atoms with Crippen LogP contribution in [-0.4, -0.2) is 35.4 Å². The van der Waals surface area contributed by atoms with E-state index in [0.717, 1.165) is 24.6 Å². The third-order valence-corrected chi connectivity index (χ3v) is 7.05. The van der Waals surface area contributed by atoms with Gasteiger partial charge in [-0.05, 0) is 55.9 Å². The van der Waals surface area contributed by atoms with Gasteiger partial charge in [0.15, 0.2) is 5.82 Å². The second-order valence-electron chi connectivity index (χ2n) is 10.5. The fraction of sp³-hybridized carbons (Fsp3) is 0.500. The molecular formula is C28H35F4N3O2. The first-order valence-corrected chi connectivity index (χ1v) is 12.6. The van der Waals surface area contributed by atoms with Gasteiger partial charge >= 0.3 is 0 Å². The molecule has 2 atom stereocenters. The predicted molar refractivity (Wildman–Crippen MR) is 136 cm³/mol. The number of nitrogens with one attached hydrogen (secondary N) is 1. The minimum absolute atomic E-state index is 0.00973. The van der Waals surface area contributed by atoms with Gasteiger partial charge in [-0.25, -0.2) is 22.6 Å². The number of aliphatic hydroxyl groups is 1. The molecule has 1 amide bonds. The lowest BCUT2D eigenvalue weighted by atomic mass is 9.76. The molecule has 37 heavy (non-hydrogen) atoms. The van der Waals surface area contributed by atoms with E-state index in [2.05, 4.69) is 10.4 Å². The second kappa shape index (κ2) is 11.6. The SMILES string of the molecule is CCCCC1C(c2ccc(F)cc2F)=NN(c2ccc(F)cc2F)C1(C)C(=O)NCCCC(C)(C)CO. The molecule has 3 rings (SSSR count). The summed E-state index contributed by atoms with van der Waals surface area (Å²) in [6.07, 6.45) is 3.17. The van der Waals surface area contributed by atoms with E-state index >= 15 is 0 Å². The zero-order valence-electron chi connectivity index (χ0n) is 21.8. The van der Waals surface area contributed by atoms with Crippen LogP contribution in [0.15, 0.2) is 41.5 Å². The Hall–Kier alpha value is -2.94. The van der Waals surface area contributed by atoms with Crippen LogP contribution in [0.3, 0.4) is 0 Å². The highest BCUT2D eigenvalue weighted by molar-refractivity contribution is 6.10. The lowest BCUT2D eigenvalue weighted by molar-refractivity contribution is -0.126. The van der Waals surface area contributed by atoms with Crippen molar-refractivity contribution in [1.29, 1.82) is 0 Å². The molecule has 9 heteroatoms. The quantitative estimate of drug-likeness (QED) is 0.284. The molecule has 2 unspecified atom stereocenters. The number of nitrogens with zero attached hydrogens (tertiary/aromatic N) is 2. The summed E-state index contributed by atoms with van der Waals surface area (Å²) < 4.78 is 57.3. The van der Waals surface area contributed by atoms with Gasteiger partial charge in [0.05, 0.1) is 11.4 Å². The number of carbonyl (C=O) groups is 1. The lowest BCUT2D eigenvalue weighted by Crippen LogP contribution is -2.58. The summed E-state index contributed by atoms with van der Waals surface area (Å²) in [4.78, 5) is 13.8. The fourth-order valence-corrected chi connectivity index (χ4v) is 4.70. The zero-order chi connectivity index (χ0) is 27.4. The van der Waals surface area contributed by atoms with Crippen molar-refractivity contribution in [3.05, 3.63) is 65.2 Å². The van der Waals surface area contributed by atoms with Crippen molar-refractivity contribution in [1.82, 2.24) is 5.32 Å². The van der Waals surface area contributed by atoms with Crippen molar-refractivity contribution in [2.45, 2.75) is 65.3 Å². The molecule has 202 valence electrons. The molecule has 0 aliphatic carbocycles. The van der Waals surface area contributed by atoms with Gasteiger partial charge in [-0.15, -0.1) is 0 Å². The van der Waals surface area contributed by atoms with E-state index in [4.69, 9.17) is 0 Å². The summed E-state index contributed by atoms with van der Waals surface area (Å²) in [5.74, 6) is -4.39.